The average molecular weight is 374 g/mol. The second kappa shape index (κ2) is 8.17. The number of piperidine rings is 1. The Morgan fingerprint density at radius 2 is 2.00 bits per heavy atom. The normalized spacial score (nSPS) is 16.6. The largest absolute Gasteiger partial charge is 0.437 e. The number of aryl methyl sites for hydroxylation is 1. The van der Waals surface area contributed by atoms with Crippen molar-refractivity contribution < 1.29 is 9.53 Å². The van der Waals surface area contributed by atoms with Gasteiger partial charge in [-0.15, -0.1) is 0 Å². The summed E-state index contributed by atoms with van der Waals surface area (Å²) >= 11 is 0. The predicted molar refractivity (Wildman–Crippen MR) is 105 cm³/mol. The maximum atomic E-state index is 12.7. The van der Waals surface area contributed by atoms with Crippen LogP contribution in [0.2, 0.25) is 0 Å². The van der Waals surface area contributed by atoms with Gasteiger partial charge in [-0.05, 0) is 43.5 Å². The van der Waals surface area contributed by atoms with E-state index in [-0.39, 0.29) is 11.8 Å². The number of pyridine rings is 1. The van der Waals surface area contributed by atoms with E-state index in [1.165, 1.54) is 0 Å². The van der Waals surface area contributed by atoms with Crippen LogP contribution >= 0.6 is 0 Å². The molecule has 0 aliphatic carbocycles. The van der Waals surface area contributed by atoms with Crippen LogP contribution in [0.1, 0.15) is 40.5 Å². The smallest absolute Gasteiger partial charge is 0.272 e. The van der Waals surface area contributed by atoms with Crippen LogP contribution in [0.5, 0.6) is 11.6 Å². The molecule has 0 saturated carbocycles. The van der Waals surface area contributed by atoms with Crippen molar-refractivity contribution in [2.45, 2.75) is 25.7 Å². The predicted octanol–water partition coefficient (Wildman–Crippen LogP) is 3.99. The van der Waals surface area contributed by atoms with E-state index in [9.17, 15) is 4.79 Å². The first-order chi connectivity index (χ1) is 13.7. The first-order valence-electron chi connectivity index (χ1n) is 9.46. The van der Waals surface area contributed by atoms with E-state index < -0.39 is 0 Å². The van der Waals surface area contributed by atoms with Gasteiger partial charge >= 0.3 is 0 Å². The van der Waals surface area contributed by atoms with Crippen LogP contribution in [0.4, 0.5) is 0 Å². The highest BCUT2D eigenvalue weighted by Crippen LogP contribution is 2.28. The van der Waals surface area contributed by atoms with Crippen LogP contribution in [0.15, 0.2) is 61.1 Å². The molecule has 142 valence electrons. The van der Waals surface area contributed by atoms with E-state index >= 15 is 0 Å². The molecular weight excluding hydrogens is 352 g/mol. The second-order valence-corrected chi connectivity index (χ2v) is 6.96. The van der Waals surface area contributed by atoms with Gasteiger partial charge in [0, 0.05) is 31.4 Å². The van der Waals surface area contributed by atoms with Crippen molar-refractivity contribution in [3.05, 3.63) is 78.0 Å². The van der Waals surface area contributed by atoms with E-state index in [0.717, 1.165) is 36.4 Å². The quantitative estimate of drug-likeness (QED) is 0.691. The lowest BCUT2D eigenvalue weighted by Crippen LogP contribution is -2.39. The van der Waals surface area contributed by atoms with Crippen molar-refractivity contribution in [2.75, 3.05) is 13.1 Å². The Morgan fingerprint density at radius 1 is 1.14 bits per heavy atom. The fourth-order valence-electron chi connectivity index (χ4n) is 3.45. The van der Waals surface area contributed by atoms with Crippen LogP contribution < -0.4 is 4.74 Å². The van der Waals surface area contributed by atoms with Crippen molar-refractivity contribution in [2.24, 2.45) is 0 Å². The van der Waals surface area contributed by atoms with Gasteiger partial charge in [-0.1, -0.05) is 24.3 Å². The van der Waals surface area contributed by atoms with Gasteiger partial charge in [0.25, 0.3) is 5.91 Å². The summed E-state index contributed by atoms with van der Waals surface area (Å²) in [6.45, 7) is 3.34. The molecule has 0 radical (unpaired) electrons. The summed E-state index contributed by atoms with van der Waals surface area (Å²) in [4.78, 5) is 27.7. The zero-order valence-corrected chi connectivity index (χ0v) is 15.8. The lowest BCUT2D eigenvalue weighted by Gasteiger charge is -2.32. The number of carbonyl (C=O) groups excluding carboxylic acids is 1. The van der Waals surface area contributed by atoms with E-state index in [1.54, 1.807) is 24.7 Å². The molecular formula is C22H22N4O2. The molecule has 1 unspecified atom stereocenters. The molecule has 0 spiro atoms. The number of ether oxygens (including phenoxy) is 1. The Hall–Kier alpha value is -3.28. The molecule has 0 bridgehead atoms. The van der Waals surface area contributed by atoms with Crippen LogP contribution in [-0.2, 0) is 0 Å². The number of para-hydroxylation sites is 1. The Morgan fingerprint density at radius 3 is 2.82 bits per heavy atom. The van der Waals surface area contributed by atoms with Gasteiger partial charge in [0.15, 0.2) is 0 Å². The summed E-state index contributed by atoms with van der Waals surface area (Å²) in [5.74, 6) is 1.34. The molecule has 1 aromatic carbocycles. The summed E-state index contributed by atoms with van der Waals surface area (Å²) in [6, 6.07) is 13.2. The van der Waals surface area contributed by atoms with E-state index in [0.29, 0.717) is 18.1 Å². The van der Waals surface area contributed by atoms with Crippen LogP contribution in [0.3, 0.4) is 0 Å². The maximum Gasteiger partial charge on any atom is 0.272 e. The number of likely N-dealkylation sites (tertiary alicyclic amines) is 1. The molecule has 1 aliphatic heterocycles. The summed E-state index contributed by atoms with van der Waals surface area (Å²) in [5.41, 5.74) is 2.37. The van der Waals surface area contributed by atoms with E-state index in [2.05, 4.69) is 15.0 Å². The number of benzene rings is 1. The summed E-state index contributed by atoms with van der Waals surface area (Å²) in [7, 11) is 0. The molecule has 6 heteroatoms. The van der Waals surface area contributed by atoms with Gasteiger partial charge in [-0.2, -0.15) is 0 Å². The van der Waals surface area contributed by atoms with Gasteiger partial charge in [0.05, 0.1) is 11.9 Å². The van der Waals surface area contributed by atoms with Crippen molar-refractivity contribution in [1.82, 2.24) is 19.9 Å². The standard InChI is InChI=1S/C22H22N4O2/c1-16-7-2-3-10-20(16)28-21-14-23-13-19(25-21)17-8-6-12-26(15-17)22(27)18-9-4-5-11-24-18/h2-5,7,9-11,13-14,17H,6,8,12,15H2,1H3. The Labute approximate surface area is 164 Å². The van der Waals surface area contributed by atoms with Crippen molar-refractivity contribution in [3.8, 4) is 11.6 Å². The third-order valence-electron chi connectivity index (χ3n) is 4.95. The first kappa shape index (κ1) is 18.1. The number of amides is 1. The minimum Gasteiger partial charge on any atom is -0.437 e. The Kier molecular flexibility index (Phi) is 5.28. The first-order valence-corrected chi connectivity index (χ1v) is 9.46. The Bertz CT molecular complexity index is 962. The third kappa shape index (κ3) is 4.01. The van der Waals surface area contributed by atoms with Crippen molar-refractivity contribution in [3.63, 3.8) is 0 Å². The SMILES string of the molecule is Cc1ccccc1Oc1cncc(C2CCCN(C(=O)c3ccccn3)C2)n1. The molecule has 0 N–H and O–H groups in total. The third-order valence-corrected chi connectivity index (χ3v) is 4.95. The molecule has 28 heavy (non-hydrogen) atoms. The van der Waals surface area contributed by atoms with Gasteiger partial charge in [-0.25, -0.2) is 4.98 Å². The highest BCUT2D eigenvalue weighted by Gasteiger charge is 2.27. The number of nitrogens with zero attached hydrogens (tertiary/aromatic N) is 4. The molecule has 1 fully saturated rings. The maximum absolute atomic E-state index is 12.7. The molecule has 1 atom stereocenters. The molecule has 2 aromatic heterocycles. The van der Waals surface area contributed by atoms with Crippen molar-refractivity contribution in [1.29, 1.82) is 0 Å². The fourth-order valence-corrected chi connectivity index (χ4v) is 3.45. The molecule has 1 saturated heterocycles. The van der Waals surface area contributed by atoms with E-state index in [4.69, 9.17) is 4.74 Å². The monoisotopic (exact) mass is 374 g/mol. The number of hydrogen-bond donors (Lipinski definition) is 0. The Balaban J connectivity index is 1.49. The van der Waals surface area contributed by atoms with Crippen LogP contribution in [0, 0.1) is 6.92 Å². The van der Waals surface area contributed by atoms with Gasteiger partial charge < -0.3 is 9.64 Å². The minimum atomic E-state index is -0.0365. The van der Waals surface area contributed by atoms with E-state index in [1.807, 2.05) is 48.2 Å². The number of rotatable bonds is 4. The summed E-state index contributed by atoms with van der Waals surface area (Å²) in [5, 5.41) is 0. The zero-order valence-electron chi connectivity index (χ0n) is 15.8. The lowest BCUT2D eigenvalue weighted by atomic mass is 9.95. The lowest BCUT2D eigenvalue weighted by molar-refractivity contribution is 0.0699. The second-order valence-electron chi connectivity index (χ2n) is 6.96. The van der Waals surface area contributed by atoms with Crippen LogP contribution in [-0.4, -0.2) is 38.8 Å². The number of aromatic nitrogens is 3. The summed E-state index contributed by atoms with van der Waals surface area (Å²) in [6.07, 6.45) is 6.93. The molecule has 1 aliphatic rings. The summed E-state index contributed by atoms with van der Waals surface area (Å²) < 4.78 is 5.92. The molecule has 6 nitrogen and oxygen atoms in total. The molecule has 3 aromatic rings. The number of carbonyl (C=O) groups is 1. The molecule has 3 heterocycles. The number of hydrogen-bond acceptors (Lipinski definition) is 5. The topological polar surface area (TPSA) is 68.2 Å². The molecule has 4 rings (SSSR count). The minimum absolute atomic E-state index is 0.0365. The van der Waals surface area contributed by atoms with Gasteiger partial charge in [-0.3, -0.25) is 14.8 Å². The fraction of sp³-hybridized carbons (Fsp3) is 0.273. The highest BCUT2D eigenvalue weighted by molar-refractivity contribution is 5.92. The van der Waals surface area contributed by atoms with Gasteiger partial charge in [0.1, 0.15) is 11.4 Å². The zero-order chi connectivity index (χ0) is 19.3. The van der Waals surface area contributed by atoms with Gasteiger partial charge in [0.2, 0.25) is 5.88 Å². The van der Waals surface area contributed by atoms with Crippen molar-refractivity contribution >= 4 is 5.91 Å². The average Bonchev–Trinajstić information content (AvgIpc) is 2.76. The molecule has 1 amide bonds. The highest BCUT2D eigenvalue weighted by atomic mass is 16.5. The van der Waals surface area contributed by atoms with Crippen LogP contribution in [0.25, 0.3) is 0 Å².